The van der Waals surface area contributed by atoms with Gasteiger partial charge >= 0.3 is 0 Å². The van der Waals surface area contributed by atoms with Gasteiger partial charge in [0.15, 0.2) is 0 Å². The molecule has 0 radical (unpaired) electrons. The lowest BCUT2D eigenvalue weighted by Crippen LogP contribution is -2.29. The molecule has 0 aliphatic carbocycles. The highest BCUT2D eigenvalue weighted by molar-refractivity contribution is 5.92. The summed E-state index contributed by atoms with van der Waals surface area (Å²) in [6.07, 6.45) is 2.17. The fourth-order valence-electron chi connectivity index (χ4n) is 2.68. The summed E-state index contributed by atoms with van der Waals surface area (Å²) in [5.41, 5.74) is 2.74. The number of carbonyl (C=O) groups is 1. The van der Waals surface area contributed by atoms with Gasteiger partial charge in [-0.25, -0.2) is 4.68 Å². The van der Waals surface area contributed by atoms with Crippen LogP contribution in [0.1, 0.15) is 19.8 Å². The van der Waals surface area contributed by atoms with Gasteiger partial charge in [-0.1, -0.05) is 61.9 Å². The second-order valence-electron chi connectivity index (χ2n) is 6.11. The average Bonchev–Trinajstić information content (AvgIpc) is 3.10. The summed E-state index contributed by atoms with van der Waals surface area (Å²) in [6.45, 7) is 3.27. The number of anilines is 1. The first-order valence-corrected chi connectivity index (χ1v) is 8.99. The second-order valence-corrected chi connectivity index (χ2v) is 6.11. The van der Waals surface area contributed by atoms with Crippen molar-refractivity contribution in [2.45, 2.75) is 19.8 Å². The molecule has 1 amide bonds. The molecule has 0 unspecified atom stereocenters. The Kier molecular flexibility index (Phi) is 6.17. The Hall–Kier alpha value is -2.92. The van der Waals surface area contributed by atoms with Gasteiger partial charge in [-0.3, -0.25) is 4.79 Å². The highest BCUT2D eigenvalue weighted by atomic mass is 16.2. The third kappa shape index (κ3) is 4.58. The van der Waals surface area contributed by atoms with Crippen molar-refractivity contribution in [3.63, 3.8) is 0 Å². The lowest BCUT2D eigenvalue weighted by atomic mass is 10.2. The molecule has 134 valence electrons. The summed E-state index contributed by atoms with van der Waals surface area (Å²) < 4.78 is 1.77. The van der Waals surface area contributed by atoms with Crippen molar-refractivity contribution in [2.24, 2.45) is 0 Å². The van der Waals surface area contributed by atoms with Crippen molar-refractivity contribution >= 4 is 11.7 Å². The third-order valence-electron chi connectivity index (χ3n) is 4.04. The van der Waals surface area contributed by atoms with Gasteiger partial charge in [-0.2, -0.15) is 5.10 Å². The Morgan fingerprint density at radius 2 is 1.73 bits per heavy atom. The van der Waals surface area contributed by atoms with Gasteiger partial charge < -0.3 is 10.6 Å². The van der Waals surface area contributed by atoms with Crippen LogP contribution in [0, 0.1) is 0 Å². The van der Waals surface area contributed by atoms with E-state index in [0.717, 1.165) is 36.3 Å². The van der Waals surface area contributed by atoms with Crippen molar-refractivity contribution < 1.29 is 4.79 Å². The maximum absolute atomic E-state index is 12.3. The van der Waals surface area contributed by atoms with Crippen LogP contribution in [-0.2, 0) is 4.79 Å². The Labute approximate surface area is 154 Å². The number of hydrogen-bond donors (Lipinski definition) is 2. The molecule has 0 spiro atoms. The number of hydrogen-bond acceptors (Lipinski definition) is 3. The molecule has 3 rings (SSSR count). The van der Waals surface area contributed by atoms with E-state index in [1.807, 2.05) is 66.7 Å². The molecule has 0 saturated carbocycles. The first kappa shape index (κ1) is 17.9. The van der Waals surface area contributed by atoms with E-state index >= 15 is 0 Å². The summed E-state index contributed by atoms with van der Waals surface area (Å²) in [4.78, 5) is 12.3. The van der Waals surface area contributed by atoms with Crippen LogP contribution in [0.5, 0.6) is 0 Å². The van der Waals surface area contributed by atoms with E-state index in [4.69, 9.17) is 5.10 Å². The zero-order valence-corrected chi connectivity index (χ0v) is 15.0. The van der Waals surface area contributed by atoms with Crippen molar-refractivity contribution in [2.75, 3.05) is 18.4 Å². The van der Waals surface area contributed by atoms with Gasteiger partial charge in [-0.15, -0.1) is 0 Å². The minimum absolute atomic E-state index is 0.0715. The lowest BCUT2D eigenvalue weighted by molar-refractivity contribution is -0.115. The van der Waals surface area contributed by atoms with E-state index in [0.29, 0.717) is 12.4 Å². The van der Waals surface area contributed by atoms with Crippen LogP contribution in [0.15, 0.2) is 66.7 Å². The van der Waals surface area contributed by atoms with Crippen molar-refractivity contribution in [1.82, 2.24) is 15.1 Å². The average molecular weight is 348 g/mol. The molecule has 26 heavy (non-hydrogen) atoms. The number of amides is 1. The SMILES string of the molecule is CCCCNCC(=O)Nc1cc(-c2ccccc2)nn1-c1ccccc1. The Morgan fingerprint density at radius 1 is 1.04 bits per heavy atom. The van der Waals surface area contributed by atoms with Gasteiger partial charge in [-0.05, 0) is 25.1 Å². The second kappa shape index (κ2) is 8.97. The summed E-state index contributed by atoms with van der Waals surface area (Å²) in [7, 11) is 0. The van der Waals surface area contributed by atoms with Crippen molar-refractivity contribution in [1.29, 1.82) is 0 Å². The van der Waals surface area contributed by atoms with Gasteiger partial charge in [0.1, 0.15) is 5.82 Å². The molecule has 5 nitrogen and oxygen atoms in total. The van der Waals surface area contributed by atoms with Crippen molar-refractivity contribution in [3.05, 3.63) is 66.7 Å². The smallest absolute Gasteiger partial charge is 0.239 e. The molecule has 5 heteroatoms. The first-order chi connectivity index (χ1) is 12.8. The van der Waals surface area contributed by atoms with E-state index in [9.17, 15) is 4.79 Å². The van der Waals surface area contributed by atoms with Crippen LogP contribution in [-0.4, -0.2) is 28.8 Å². The number of para-hydroxylation sites is 1. The fraction of sp³-hybridized carbons (Fsp3) is 0.238. The van der Waals surface area contributed by atoms with Crippen LogP contribution >= 0.6 is 0 Å². The highest BCUT2D eigenvalue weighted by Gasteiger charge is 2.13. The Bertz CT molecular complexity index is 828. The van der Waals surface area contributed by atoms with Crippen molar-refractivity contribution in [3.8, 4) is 16.9 Å². The molecular formula is C21H24N4O. The van der Waals surface area contributed by atoms with E-state index < -0.39 is 0 Å². The molecule has 2 aromatic carbocycles. The third-order valence-corrected chi connectivity index (χ3v) is 4.04. The van der Waals surface area contributed by atoms with E-state index in [2.05, 4.69) is 17.6 Å². The summed E-state index contributed by atoms with van der Waals surface area (Å²) in [6, 6.07) is 21.7. The Balaban J connectivity index is 1.83. The molecule has 0 aliphatic heterocycles. The van der Waals surface area contributed by atoms with Crippen LogP contribution in [0.2, 0.25) is 0 Å². The maximum Gasteiger partial charge on any atom is 0.239 e. The number of benzene rings is 2. The molecule has 0 fully saturated rings. The maximum atomic E-state index is 12.3. The van der Waals surface area contributed by atoms with Gasteiger partial charge in [0.25, 0.3) is 0 Å². The topological polar surface area (TPSA) is 59.0 Å². The van der Waals surface area contributed by atoms with Gasteiger partial charge in [0, 0.05) is 11.6 Å². The molecule has 0 bridgehead atoms. The highest BCUT2D eigenvalue weighted by Crippen LogP contribution is 2.24. The molecule has 3 aromatic rings. The number of aromatic nitrogens is 2. The molecule has 0 saturated heterocycles. The minimum Gasteiger partial charge on any atom is -0.309 e. The molecular weight excluding hydrogens is 324 g/mol. The molecule has 1 aromatic heterocycles. The van der Waals surface area contributed by atoms with Crippen LogP contribution in [0.4, 0.5) is 5.82 Å². The van der Waals surface area contributed by atoms with Gasteiger partial charge in [0.2, 0.25) is 5.91 Å². The number of rotatable bonds is 8. The minimum atomic E-state index is -0.0715. The van der Waals surface area contributed by atoms with Crippen LogP contribution in [0.25, 0.3) is 16.9 Å². The predicted molar refractivity (Wildman–Crippen MR) is 105 cm³/mol. The largest absolute Gasteiger partial charge is 0.309 e. The zero-order chi connectivity index (χ0) is 18.2. The number of carbonyl (C=O) groups excluding carboxylic acids is 1. The van der Waals surface area contributed by atoms with E-state index in [-0.39, 0.29) is 5.91 Å². The molecule has 2 N–H and O–H groups in total. The van der Waals surface area contributed by atoms with E-state index in [1.165, 1.54) is 0 Å². The monoisotopic (exact) mass is 348 g/mol. The van der Waals surface area contributed by atoms with Crippen LogP contribution < -0.4 is 10.6 Å². The number of nitrogens with one attached hydrogen (secondary N) is 2. The standard InChI is InChI=1S/C21H24N4O/c1-2-3-14-22-16-21(26)23-20-15-19(17-10-6-4-7-11-17)24-25(20)18-12-8-5-9-13-18/h4-13,15,22H,2-3,14,16H2,1H3,(H,23,26). The lowest BCUT2D eigenvalue weighted by Gasteiger charge is -2.09. The predicted octanol–water partition coefficient (Wildman–Crippen LogP) is 3.87. The summed E-state index contributed by atoms with van der Waals surface area (Å²) in [5, 5.41) is 10.8. The number of unbranched alkanes of at least 4 members (excludes halogenated alkanes) is 1. The summed E-state index contributed by atoms with van der Waals surface area (Å²) in [5.74, 6) is 0.593. The summed E-state index contributed by atoms with van der Waals surface area (Å²) >= 11 is 0. The molecule has 0 aliphatic rings. The number of nitrogens with zero attached hydrogens (tertiary/aromatic N) is 2. The fourth-order valence-corrected chi connectivity index (χ4v) is 2.68. The first-order valence-electron chi connectivity index (χ1n) is 8.99. The van der Waals surface area contributed by atoms with E-state index in [1.54, 1.807) is 4.68 Å². The molecule has 0 atom stereocenters. The van der Waals surface area contributed by atoms with Crippen LogP contribution in [0.3, 0.4) is 0 Å². The Morgan fingerprint density at radius 3 is 2.42 bits per heavy atom. The normalized spacial score (nSPS) is 10.7. The zero-order valence-electron chi connectivity index (χ0n) is 15.0. The quantitative estimate of drug-likeness (QED) is 0.608. The van der Waals surface area contributed by atoms with Gasteiger partial charge in [0.05, 0.1) is 17.9 Å². The molecule has 1 heterocycles.